The molecule has 20 nitrogen and oxygen atoms in total. The van der Waals surface area contributed by atoms with E-state index in [1.54, 1.807) is 24.3 Å². The van der Waals surface area contributed by atoms with E-state index in [9.17, 15) is 54.7 Å². The molecule has 3 aromatic carbocycles. The number of nitrogens with zero attached hydrogens (tertiary/aromatic N) is 4. The van der Waals surface area contributed by atoms with Gasteiger partial charge in [-0.15, -0.1) is 9.81 Å². The van der Waals surface area contributed by atoms with E-state index in [1.165, 1.54) is 25.5 Å². The van der Waals surface area contributed by atoms with Gasteiger partial charge < -0.3 is 50.4 Å². The quantitative estimate of drug-likeness (QED) is 0.0526. The Morgan fingerprint density at radius 2 is 1.47 bits per heavy atom. The molecule has 0 saturated carbocycles. The molecule has 2 fully saturated rings. The number of aliphatic hydroxyl groups excluding tert-OH is 4. The van der Waals surface area contributed by atoms with Crippen LogP contribution in [-0.4, -0.2) is 112 Å². The maximum atomic E-state index is 13.5. The molecule has 12 atom stereocenters. The molecule has 0 radical (unpaired) electrons. The number of rotatable bonds is 21. The SMILES string of the molecule is CCCc1ccc(O)c(C2=C(O)CCC(C(C)CCC(C)c3ccc(N=O)c(-c4cc(CCNC(=O)C5OC(OC6C(N=O)C(CN=O)OC(C)C6NC(C)=O)C(O)C(O)C5O)ccc4N=O)c3)=C2)c1. The number of nitroso groups, excluding NO2 is 4. The second-order valence-corrected chi connectivity index (χ2v) is 18.4. The number of nitrogens with one attached hydrogen (secondary N) is 2. The number of aromatic hydroxyl groups is 1. The van der Waals surface area contributed by atoms with Gasteiger partial charge in [-0.1, -0.05) is 67.4 Å². The van der Waals surface area contributed by atoms with Gasteiger partial charge in [0, 0.05) is 42.2 Å². The first-order valence-corrected chi connectivity index (χ1v) is 23.6. The summed E-state index contributed by atoms with van der Waals surface area (Å²) in [6.45, 7) is 8.48. The third-order valence-electron chi connectivity index (χ3n) is 13.5. The standard InChI is InChI=1S/C50H62N6O14/c1-6-7-29-11-16-39(58)35(21-29)36-23-32(13-17-40(36)59)26(3)9-8-25(2)31-12-15-38(55-66)34(22-31)33-20-30(10-14-37(33)54-65)18-19-51-49(63)48-45(61)44(60)46(62)50(70-48)69-47-42(53-28(5)57)27(4)68-41(24-52-64)43(47)56-67/h10-12,14-16,20-23,25-27,41-48,50,58-62H,6-9,13,17-19,24H2,1-5H3,(H,51,63)(H,53,57). The fourth-order valence-electron chi connectivity index (χ4n) is 9.49. The van der Waals surface area contributed by atoms with Gasteiger partial charge in [0.2, 0.25) is 5.91 Å². The van der Waals surface area contributed by atoms with Crippen LogP contribution < -0.4 is 10.6 Å². The van der Waals surface area contributed by atoms with Crippen molar-refractivity contribution in [2.24, 2.45) is 26.6 Å². The average molecular weight is 971 g/mol. The first-order chi connectivity index (χ1) is 33.5. The van der Waals surface area contributed by atoms with Crippen LogP contribution in [0.3, 0.4) is 0 Å². The Morgan fingerprint density at radius 1 is 0.814 bits per heavy atom. The van der Waals surface area contributed by atoms with Crippen LogP contribution in [0.1, 0.15) is 94.9 Å². The zero-order chi connectivity index (χ0) is 50.8. The van der Waals surface area contributed by atoms with Gasteiger partial charge >= 0.3 is 0 Å². The topological polar surface area (TPSA) is 305 Å². The third kappa shape index (κ3) is 12.2. The van der Waals surface area contributed by atoms with Gasteiger partial charge in [-0.25, -0.2) is 0 Å². The van der Waals surface area contributed by atoms with Gasteiger partial charge in [0.25, 0.3) is 5.91 Å². The van der Waals surface area contributed by atoms with E-state index in [0.717, 1.165) is 36.8 Å². The Kier molecular flexibility index (Phi) is 18.3. The summed E-state index contributed by atoms with van der Waals surface area (Å²) in [5.74, 6) is -0.905. The van der Waals surface area contributed by atoms with Gasteiger partial charge in [-0.05, 0) is 114 Å². The van der Waals surface area contributed by atoms with Crippen LogP contribution in [0.25, 0.3) is 16.7 Å². The molecule has 6 rings (SSSR count). The summed E-state index contributed by atoms with van der Waals surface area (Å²) in [5, 5.41) is 71.7. The molecule has 2 aliphatic heterocycles. The summed E-state index contributed by atoms with van der Waals surface area (Å²) in [7, 11) is 0. The number of benzene rings is 3. The van der Waals surface area contributed by atoms with E-state index in [-0.39, 0.29) is 47.7 Å². The van der Waals surface area contributed by atoms with E-state index in [2.05, 4.69) is 52.1 Å². The zero-order valence-corrected chi connectivity index (χ0v) is 39.8. The van der Waals surface area contributed by atoms with Crippen molar-refractivity contribution in [1.82, 2.24) is 10.6 Å². The van der Waals surface area contributed by atoms with Crippen molar-refractivity contribution in [3.8, 4) is 16.9 Å². The summed E-state index contributed by atoms with van der Waals surface area (Å²) < 4.78 is 17.4. The van der Waals surface area contributed by atoms with E-state index in [1.807, 2.05) is 30.3 Å². The molecule has 2 heterocycles. The zero-order valence-electron chi connectivity index (χ0n) is 39.8. The highest BCUT2D eigenvalue weighted by Crippen LogP contribution is 2.42. The van der Waals surface area contributed by atoms with Crippen molar-refractivity contribution < 1.29 is 49.3 Å². The van der Waals surface area contributed by atoms with Crippen molar-refractivity contribution in [1.29, 1.82) is 0 Å². The smallest absolute Gasteiger partial charge is 0.252 e. The maximum Gasteiger partial charge on any atom is 0.252 e. The Morgan fingerprint density at radius 3 is 2.14 bits per heavy atom. The highest BCUT2D eigenvalue weighted by molar-refractivity contribution is 5.85. The number of hydrogen-bond donors (Lipinski definition) is 7. The van der Waals surface area contributed by atoms with Crippen molar-refractivity contribution in [3.05, 3.63) is 114 Å². The van der Waals surface area contributed by atoms with Crippen LogP contribution in [0.4, 0.5) is 11.4 Å². The lowest BCUT2D eigenvalue weighted by Gasteiger charge is -2.46. The van der Waals surface area contributed by atoms with Crippen LogP contribution in [0, 0.1) is 25.5 Å². The number of aryl methyl sites for hydroxylation is 1. The van der Waals surface area contributed by atoms with E-state index in [4.69, 9.17) is 14.2 Å². The number of amides is 2. The molecule has 3 aliphatic rings. The largest absolute Gasteiger partial charge is 0.512 e. The fraction of sp³-hybridized carbons (Fsp3) is 0.520. The third-order valence-corrected chi connectivity index (χ3v) is 13.5. The molecule has 0 bridgehead atoms. The summed E-state index contributed by atoms with van der Waals surface area (Å²) in [4.78, 5) is 73.1. The summed E-state index contributed by atoms with van der Waals surface area (Å²) in [6, 6.07) is 13.0. The number of hydrogen-bond acceptors (Lipinski definition) is 18. The number of allylic oxidation sites excluding steroid dienone is 4. The van der Waals surface area contributed by atoms with Crippen molar-refractivity contribution in [2.75, 3.05) is 13.1 Å². The average Bonchev–Trinajstić information content (AvgIpc) is 3.34. The van der Waals surface area contributed by atoms with Crippen LogP contribution in [0.2, 0.25) is 0 Å². The number of phenolic OH excluding ortho intramolecular Hbond substituents is 1. The minimum atomic E-state index is -1.97. The normalized spacial score (nSPS) is 26.6. The van der Waals surface area contributed by atoms with Crippen molar-refractivity contribution in [3.63, 3.8) is 0 Å². The monoisotopic (exact) mass is 970 g/mol. The Balaban J connectivity index is 1.12. The first-order valence-electron chi connectivity index (χ1n) is 23.6. The van der Waals surface area contributed by atoms with Gasteiger partial charge in [0.15, 0.2) is 12.4 Å². The Bertz CT molecular complexity index is 2460. The number of phenols is 1. The minimum absolute atomic E-state index is 0.0102. The second-order valence-electron chi connectivity index (χ2n) is 18.4. The Hall–Kier alpha value is -6.16. The highest BCUT2D eigenvalue weighted by Gasteiger charge is 2.53. The molecule has 0 spiro atoms. The molecule has 3 aromatic rings. The molecule has 0 aromatic heterocycles. The number of carbonyl (C=O) groups excluding carboxylic acids is 2. The minimum Gasteiger partial charge on any atom is -0.512 e. The lowest BCUT2D eigenvalue weighted by atomic mass is 9.82. The van der Waals surface area contributed by atoms with Gasteiger partial charge in [0.1, 0.15) is 66.0 Å². The fourth-order valence-corrected chi connectivity index (χ4v) is 9.49. The summed E-state index contributed by atoms with van der Waals surface area (Å²) in [6.07, 6.45) is -6.21. The molecule has 1 aliphatic carbocycles. The molecular formula is C50H62N6O14. The molecule has 376 valence electrons. The lowest BCUT2D eigenvalue weighted by molar-refractivity contribution is -0.312. The maximum absolute atomic E-state index is 13.5. The van der Waals surface area contributed by atoms with Crippen LogP contribution in [0.15, 0.2) is 92.7 Å². The molecular weight excluding hydrogens is 909 g/mol. The number of carbonyl (C=O) groups is 2. The molecule has 70 heavy (non-hydrogen) atoms. The number of aliphatic hydroxyl groups is 4. The summed E-state index contributed by atoms with van der Waals surface area (Å²) in [5.41, 5.74) is 5.88. The molecule has 20 heteroatoms. The van der Waals surface area contributed by atoms with Crippen LogP contribution >= 0.6 is 0 Å². The molecule has 2 amide bonds. The number of ether oxygens (including phenoxy) is 3. The predicted octanol–water partition coefficient (Wildman–Crippen LogP) is 7.06. The van der Waals surface area contributed by atoms with Crippen molar-refractivity contribution >= 4 is 28.8 Å². The van der Waals surface area contributed by atoms with E-state index in [0.29, 0.717) is 40.7 Å². The van der Waals surface area contributed by atoms with Gasteiger partial charge in [0.05, 0.1) is 12.1 Å². The molecule has 12 unspecified atom stereocenters. The van der Waals surface area contributed by atoms with Crippen LogP contribution in [0.5, 0.6) is 5.75 Å². The van der Waals surface area contributed by atoms with E-state index < -0.39 is 79.5 Å². The molecule has 2 saturated heterocycles. The predicted molar refractivity (Wildman–Crippen MR) is 259 cm³/mol. The van der Waals surface area contributed by atoms with E-state index >= 15 is 0 Å². The summed E-state index contributed by atoms with van der Waals surface area (Å²) >= 11 is 0. The van der Waals surface area contributed by atoms with Gasteiger partial charge in [-0.3, -0.25) is 9.59 Å². The van der Waals surface area contributed by atoms with Crippen LogP contribution in [-0.2, 0) is 36.6 Å². The highest BCUT2D eigenvalue weighted by atomic mass is 16.7. The van der Waals surface area contributed by atoms with Crippen molar-refractivity contribution in [2.45, 2.75) is 147 Å². The molecule has 7 N–H and O–H groups in total. The first kappa shape index (κ1) is 53.2. The lowest BCUT2D eigenvalue weighted by Crippen LogP contribution is -2.67. The second kappa shape index (κ2) is 24.1. The van der Waals surface area contributed by atoms with Gasteiger partial charge in [-0.2, -0.15) is 9.81 Å². The Labute approximate surface area is 404 Å².